The van der Waals surface area contributed by atoms with Crippen molar-refractivity contribution in [3.05, 3.63) is 39.8 Å². The monoisotopic (exact) mass is 379 g/mol. The van der Waals surface area contributed by atoms with Crippen molar-refractivity contribution >= 4 is 33.2 Å². The van der Waals surface area contributed by atoms with Crippen molar-refractivity contribution in [3.8, 4) is 10.6 Å². The van der Waals surface area contributed by atoms with Crippen molar-refractivity contribution in [1.29, 1.82) is 0 Å². The number of thiazole rings is 1. The van der Waals surface area contributed by atoms with Crippen molar-refractivity contribution in [2.75, 3.05) is 6.54 Å². The molecule has 3 rings (SSSR count). The first-order valence-corrected chi connectivity index (χ1v) is 9.01. The molecule has 0 aliphatic heterocycles. The van der Waals surface area contributed by atoms with E-state index >= 15 is 0 Å². The molecule has 0 saturated heterocycles. The second-order valence-corrected chi connectivity index (χ2v) is 7.41. The number of carbonyl (C=O) groups excluding carboxylic acids is 1. The second kappa shape index (κ2) is 6.89. The number of hydrogen-bond donors (Lipinski definition) is 2. The predicted molar refractivity (Wildman–Crippen MR) is 92.7 cm³/mol. The van der Waals surface area contributed by atoms with Gasteiger partial charge in [0, 0.05) is 28.0 Å². The van der Waals surface area contributed by atoms with E-state index in [0.717, 1.165) is 20.7 Å². The van der Waals surface area contributed by atoms with Crippen molar-refractivity contribution in [1.82, 2.24) is 10.3 Å². The van der Waals surface area contributed by atoms with Gasteiger partial charge in [0.25, 0.3) is 0 Å². The van der Waals surface area contributed by atoms with Crippen LogP contribution < -0.4 is 11.1 Å². The molecule has 22 heavy (non-hydrogen) atoms. The topological polar surface area (TPSA) is 68.0 Å². The average Bonchev–Trinajstić information content (AvgIpc) is 3.25. The van der Waals surface area contributed by atoms with E-state index in [1.165, 1.54) is 12.8 Å². The van der Waals surface area contributed by atoms with Crippen molar-refractivity contribution in [2.45, 2.75) is 25.3 Å². The van der Waals surface area contributed by atoms with E-state index < -0.39 is 0 Å². The highest BCUT2D eigenvalue weighted by atomic mass is 79.9. The molecule has 1 atom stereocenters. The molecule has 2 aromatic rings. The summed E-state index contributed by atoms with van der Waals surface area (Å²) in [5.41, 5.74) is 7.84. The predicted octanol–water partition coefficient (Wildman–Crippen LogP) is 2.97. The minimum Gasteiger partial charge on any atom is -0.354 e. The van der Waals surface area contributed by atoms with Gasteiger partial charge in [-0.15, -0.1) is 11.3 Å². The summed E-state index contributed by atoms with van der Waals surface area (Å²) in [5, 5.41) is 5.77. The fourth-order valence-corrected chi connectivity index (χ4v) is 3.51. The van der Waals surface area contributed by atoms with Crippen LogP contribution in [0.1, 0.15) is 18.5 Å². The lowest BCUT2D eigenvalue weighted by Gasteiger charge is -2.10. The van der Waals surface area contributed by atoms with Gasteiger partial charge >= 0.3 is 0 Å². The molecule has 1 aliphatic carbocycles. The maximum absolute atomic E-state index is 12.0. The maximum atomic E-state index is 12.0. The smallest absolute Gasteiger partial charge is 0.226 e. The van der Waals surface area contributed by atoms with Crippen molar-refractivity contribution in [2.24, 2.45) is 11.7 Å². The summed E-state index contributed by atoms with van der Waals surface area (Å²) in [7, 11) is 0. The third-order valence-electron chi connectivity index (χ3n) is 3.73. The molecule has 1 aromatic heterocycles. The van der Waals surface area contributed by atoms with Crippen LogP contribution in [0.4, 0.5) is 0 Å². The number of nitrogens with two attached hydrogens (primary N) is 1. The van der Waals surface area contributed by atoms with Crippen LogP contribution in [-0.4, -0.2) is 23.5 Å². The number of aromatic nitrogens is 1. The van der Waals surface area contributed by atoms with Gasteiger partial charge in [0.05, 0.1) is 12.1 Å². The normalized spacial score (nSPS) is 15.5. The lowest BCUT2D eigenvalue weighted by molar-refractivity contribution is -0.120. The number of nitrogens with one attached hydrogen (secondary N) is 1. The van der Waals surface area contributed by atoms with Crippen LogP contribution in [-0.2, 0) is 11.2 Å². The van der Waals surface area contributed by atoms with E-state index in [-0.39, 0.29) is 11.9 Å². The SMILES string of the molecule is NC(CNC(=O)Cc1csc(-c2cccc(Br)c2)n1)C1CC1. The van der Waals surface area contributed by atoms with E-state index in [9.17, 15) is 4.79 Å². The minimum atomic E-state index is -0.0119. The van der Waals surface area contributed by atoms with E-state index in [1.807, 2.05) is 29.6 Å². The highest BCUT2D eigenvalue weighted by Gasteiger charge is 2.28. The molecule has 3 N–H and O–H groups in total. The summed E-state index contributed by atoms with van der Waals surface area (Å²) in [4.78, 5) is 16.5. The molecule has 0 spiro atoms. The number of rotatable bonds is 6. The van der Waals surface area contributed by atoms with Gasteiger partial charge < -0.3 is 11.1 Å². The fourth-order valence-electron chi connectivity index (χ4n) is 2.29. The zero-order valence-electron chi connectivity index (χ0n) is 12.1. The summed E-state index contributed by atoms with van der Waals surface area (Å²) < 4.78 is 1.02. The Hall–Kier alpha value is -1.24. The third-order valence-corrected chi connectivity index (χ3v) is 5.16. The fraction of sp³-hybridized carbons (Fsp3) is 0.375. The van der Waals surface area contributed by atoms with Gasteiger partial charge in [-0.25, -0.2) is 4.98 Å². The zero-order chi connectivity index (χ0) is 15.5. The Morgan fingerprint density at radius 2 is 2.32 bits per heavy atom. The van der Waals surface area contributed by atoms with Gasteiger partial charge in [-0.1, -0.05) is 28.1 Å². The molecule has 116 valence electrons. The first kappa shape index (κ1) is 15.6. The Morgan fingerprint density at radius 1 is 1.50 bits per heavy atom. The van der Waals surface area contributed by atoms with Gasteiger partial charge in [0.2, 0.25) is 5.91 Å². The van der Waals surface area contributed by atoms with Gasteiger partial charge in [-0.05, 0) is 30.9 Å². The van der Waals surface area contributed by atoms with E-state index in [4.69, 9.17) is 5.73 Å². The maximum Gasteiger partial charge on any atom is 0.226 e. The van der Waals surface area contributed by atoms with E-state index in [0.29, 0.717) is 18.9 Å². The Morgan fingerprint density at radius 3 is 3.05 bits per heavy atom. The van der Waals surface area contributed by atoms with Gasteiger partial charge in [0.1, 0.15) is 5.01 Å². The second-order valence-electron chi connectivity index (χ2n) is 5.64. The van der Waals surface area contributed by atoms with Crippen LogP contribution in [0.2, 0.25) is 0 Å². The zero-order valence-corrected chi connectivity index (χ0v) is 14.5. The molecular formula is C16H18BrN3OS. The number of carbonyl (C=O) groups is 1. The number of benzene rings is 1. The molecule has 0 radical (unpaired) electrons. The third kappa shape index (κ3) is 4.15. The van der Waals surface area contributed by atoms with Gasteiger partial charge in [-0.3, -0.25) is 4.79 Å². The highest BCUT2D eigenvalue weighted by molar-refractivity contribution is 9.10. The van der Waals surface area contributed by atoms with Gasteiger partial charge in [0.15, 0.2) is 0 Å². The average molecular weight is 380 g/mol. The van der Waals surface area contributed by atoms with Crippen LogP contribution in [0, 0.1) is 5.92 Å². The molecule has 4 nitrogen and oxygen atoms in total. The number of amides is 1. The van der Waals surface area contributed by atoms with Gasteiger partial charge in [-0.2, -0.15) is 0 Å². The summed E-state index contributed by atoms with van der Waals surface area (Å²) in [6.07, 6.45) is 2.69. The van der Waals surface area contributed by atoms with Crippen molar-refractivity contribution in [3.63, 3.8) is 0 Å². The molecule has 1 heterocycles. The van der Waals surface area contributed by atoms with Crippen LogP contribution >= 0.6 is 27.3 Å². The molecule has 1 aliphatic rings. The summed E-state index contributed by atoms with van der Waals surface area (Å²) in [6.45, 7) is 0.562. The van der Waals surface area contributed by atoms with E-state index in [2.05, 4.69) is 26.2 Å². The highest BCUT2D eigenvalue weighted by Crippen LogP contribution is 2.31. The van der Waals surface area contributed by atoms with Crippen LogP contribution in [0.5, 0.6) is 0 Å². The Bertz CT molecular complexity index is 669. The quantitative estimate of drug-likeness (QED) is 0.810. The first-order chi connectivity index (χ1) is 10.6. The number of nitrogens with zero attached hydrogens (tertiary/aromatic N) is 1. The van der Waals surface area contributed by atoms with Crippen molar-refractivity contribution < 1.29 is 4.79 Å². The number of hydrogen-bond acceptors (Lipinski definition) is 4. The minimum absolute atomic E-state index is 0.0119. The molecule has 1 amide bonds. The molecule has 6 heteroatoms. The summed E-state index contributed by atoms with van der Waals surface area (Å²) in [6, 6.07) is 8.09. The first-order valence-electron chi connectivity index (χ1n) is 7.34. The Labute approximate surface area is 142 Å². The standard InChI is InChI=1S/C16H18BrN3OS/c17-12-3-1-2-11(6-12)16-20-13(9-22-16)7-15(21)19-8-14(18)10-4-5-10/h1-3,6,9-10,14H,4-5,7-8,18H2,(H,19,21). The number of halogens is 1. The summed E-state index contributed by atoms with van der Waals surface area (Å²) >= 11 is 5.01. The Kier molecular flexibility index (Phi) is 4.90. The van der Waals surface area contributed by atoms with Crippen LogP contribution in [0.15, 0.2) is 34.1 Å². The molecule has 1 unspecified atom stereocenters. The van der Waals surface area contributed by atoms with E-state index in [1.54, 1.807) is 11.3 Å². The molecular weight excluding hydrogens is 362 g/mol. The molecule has 1 aromatic carbocycles. The molecule has 1 fully saturated rings. The summed E-state index contributed by atoms with van der Waals surface area (Å²) in [5.74, 6) is 0.588. The molecule has 1 saturated carbocycles. The lowest BCUT2D eigenvalue weighted by atomic mass is 10.2. The Balaban J connectivity index is 1.55. The van der Waals surface area contributed by atoms with Crippen LogP contribution in [0.25, 0.3) is 10.6 Å². The van der Waals surface area contributed by atoms with Crippen LogP contribution in [0.3, 0.4) is 0 Å². The lowest BCUT2D eigenvalue weighted by Crippen LogP contribution is -2.39. The molecule has 0 bridgehead atoms. The largest absolute Gasteiger partial charge is 0.354 e.